The van der Waals surface area contributed by atoms with Gasteiger partial charge in [-0.25, -0.2) is 15.0 Å². The van der Waals surface area contributed by atoms with E-state index in [1.807, 2.05) is 16.8 Å². The molecule has 25 heavy (non-hydrogen) atoms. The summed E-state index contributed by atoms with van der Waals surface area (Å²) in [5, 5.41) is 3.47. The lowest BCUT2D eigenvalue weighted by Gasteiger charge is -2.33. The summed E-state index contributed by atoms with van der Waals surface area (Å²) in [7, 11) is 0. The maximum atomic E-state index is 4.33. The highest BCUT2D eigenvalue weighted by atomic mass is 15.1. The van der Waals surface area contributed by atoms with E-state index >= 15 is 0 Å². The summed E-state index contributed by atoms with van der Waals surface area (Å²) < 4.78 is 1.88. The lowest BCUT2D eigenvalue weighted by atomic mass is 9.96. The number of anilines is 2. The van der Waals surface area contributed by atoms with E-state index in [1.165, 1.54) is 18.5 Å². The summed E-state index contributed by atoms with van der Waals surface area (Å²) in [4.78, 5) is 15.1. The molecule has 6 heteroatoms. The van der Waals surface area contributed by atoms with Gasteiger partial charge in [0, 0.05) is 43.8 Å². The predicted octanol–water partition coefficient (Wildman–Crippen LogP) is 2.99. The molecule has 6 nitrogen and oxygen atoms in total. The first-order chi connectivity index (χ1) is 12.4. The average molecular weight is 334 g/mol. The van der Waals surface area contributed by atoms with Gasteiger partial charge in [-0.15, -0.1) is 0 Å². The van der Waals surface area contributed by atoms with Crippen LogP contribution in [0, 0.1) is 5.92 Å². The molecule has 0 unspecified atom stereocenters. The third kappa shape index (κ3) is 3.79. The molecule has 0 spiro atoms. The Morgan fingerprint density at radius 3 is 2.68 bits per heavy atom. The molecule has 1 aliphatic heterocycles. The zero-order chi connectivity index (χ0) is 16.9. The van der Waals surface area contributed by atoms with Gasteiger partial charge in [0.25, 0.3) is 0 Å². The summed E-state index contributed by atoms with van der Waals surface area (Å²) in [5.41, 5.74) is 1.33. The maximum absolute atomic E-state index is 4.33. The number of nitrogens with zero attached hydrogens (tertiary/aromatic N) is 5. The topological polar surface area (TPSA) is 58.9 Å². The van der Waals surface area contributed by atoms with Crippen LogP contribution < -0.4 is 10.2 Å². The van der Waals surface area contributed by atoms with E-state index in [0.29, 0.717) is 5.92 Å². The average Bonchev–Trinajstić information content (AvgIpc) is 3.23. The molecule has 4 rings (SSSR count). The molecule has 0 atom stereocenters. The first kappa shape index (κ1) is 15.6. The molecule has 1 aromatic carbocycles. The van der Waals surface area contributed by atoms with Crippen LogP contribution >= 0.6 is 0 Å². The molecular weight excluding hydrogens is 312 g/mol. The molecule has 3 aromatic rings. The van der Waals surface area contributed by atoms with Gasteiger partial charge in [0.15, 0.2) is 0 Å². The lowest BCUT2D eigenvalue weighted by molar-refractivity contribution is 0.423. The first-order valence-electron chi connectivity index (χ1n) is 8.73. The SMILES string of the molecule is c1ccc(N2CCC(CNc3cc(-n4ccnc4)ncn3)CC2)cc1. The van der Waals surface area contributed by atoms with Crippen LogP contribution in [0.15, 0.2) is 61.4 Å². The van der Waals surface area contributed by atoms with Gasteiger partial charge in [-0.1, -0.05) is 18.2 Å². The fourth-order valence-electron chi connectivity index (χ4n) is 3.26. The normalized spacial score (nSPS) is 15.3. The van der Waals surface area contributed by atoms with E-state index in [9.17, 15) is 0 Å². The van der Waals surface area contributed by atoms with E-state index < -0.39 is 0 Å². The van der Waals surface area contributed by atoms with Crippen molar-refractivity contribution in [3.8, 4) is 5.82 Å². The molecule has 1 fully saturated rings. The van der Waals surface area contributed by atoms with Gasteiger partial charge in [0.05, 0.1) is 0 Å². The minimum absolute atomic E-state index is 0.673. The van der Waals surface area contributed by atoms with Crippen LogP contribution in [0.2, 0.25) is 0 Å². The lowest BCUT2D eigenvalue weighted by Crippen LogP contribution is -2.35. The summed E-state index contributed by atoms with van der Waals surface area (Å²) in [6, 6.07) is 12.6. The highest BCUT2D eigenvalue weighted by molar-refractivity contribution is 5.46. The predicted molar refractivity (Wildman–Crippen MR) is 99.0 cm³/mol. The van der Waals surface area contributed by atoms with E-state index in [2.05, 4.69) is 55.5 Å². The molecule has 128 valence electrons. The Bertz CT molecular complexity index is 779. The summed E-state index contributed by atoms with van der Waals surface area (Å²) >= 11 is 0. The molecule has 2 aromatic heterocycles. The molecule has 0 bridgehead atoms. The van der Waals surface area contributed by atoms with Crippen molar-refractivity contribution < 1.29 is 0 Å². The van der Waals surface area contributed by atoms with E-state index in [1.54, 1.807) is 18.9 Å². The number of benzene rings is 1. The van der Waals surface area contributed by atoms with Crippen LogP contribution in [0.4, 0.5) is 11.5 Å². The van der Waals surface area contributed by atoms with Crippen LogP contribution in [0.1, 0.15) is 12.8 Å². The second kappa shape index (κ2) is 7.34. The van der Waals surface area contributed by atoms with E-state index in [4.69, 9.17) is 0 Å². The van der Waals surface area contributed by atoms with Crippen LogP contribution in [-0.4, -0.2) is 39.2 Å². The molecule has 0 aliphatic carbocycles. The highest BCUT2D eigenvalue weighted by Crippen LogP contribution is 2.23. The van der Waals surface area contributed by atoms with Crippen LogP contribution in [0.5, 0.6) is 0 Å². The Balaban J connectivity index is 1.30. The standard InChI is InChI=1S/C19H22N6/c1-2-4-17(5-3-1)24-9-6-16(7-10-24)13-21-18-12-19(23-14-22-18)25-11-8-20-15-25/h1-5,8,11-12,14-16H,6-7,9-10,13H2,(H,21,22,23). The Labute approximate surface area is 147 Å². The second-order valence-corrected chi connectivity index (χ2v) is 6.38. The zero-order valence-corrected chi connectivity index (χ0v) is 14.1. The van der Waals surface area contributed by atoms with Crippen molar-refractivity contribution in [1.29, 1.82) is 0 Å². The van der Waals surface area contributed by atoms with Crippen molar-refractivity contribution in [3.05, 3.63) is 61.4 Å². The van der Waals surface area contributed by atoms with Gasteiger partial charge >= 0.3 is 0 Å². The van der Waals surface area contributed by atoms with Gasteiger partial charge in [0.1, 0.15) is 24.3 Å². The number of nitrogens with one attached hydrogen (secondary N) is 1. The number of para-hydroxylation sites is 1. The van der Waals surface area contributed by atoms with Crippen molar-refractivity contribution >= 4 is 11.5 Å². The van der Waals surface area contributed by atoms with Crippen LogP contribution in [0.25, 0.3) is 5.82 Å². The largest absolute Gasteiger partial charge is 0.372 e. The first-order valence-corrected chi connectivity index (χ1v) is 8.73. The molecule has 0 radical (unpaired) electrons. The summed E-state index contributed by atoms with van der Waals surface area (Å²) in [5.74, 6) is 2.37. The number of imidazole rings is 1. The number of hydrogen-bond acceptors (Lipinski definition) is 5. The summed E-state index contributed by atoms with van der Waals surface area (Å²) in [6.45, 7) is 3.17. The fourth-order valence-corrected chi connectivity index (χ4v) is 3.26. The Morgan fingerprint density at radius 1 is 1.08 bits per heavy atom. The number of rotatable bonds is 5. The Morgan fingerprint density at radius 2 is 1.92 bits per heavy atom. The molecule has 3 heterocycles. The van der Waals surface area contributed by atoms with Gasteiger partial charge in [-0.05, 0) is 30.9 Å². The fraction of sp³-hybridized carbons (Fsp3) is 0.316. The van der Waals surface area contributed by atoms with Crippen molar-refractivity contribution in [3.63, 3.8) is 0 Å². The van der Waals surface area contributed by atoms with E-state index in [-0.39, 0.29) is 0 Å². The Hall–Kier alpha value is -2.89. The summed E-state index contributed by atoms with van der Waals surface area (Å²) in [6.07, 6.45) is 9.35. The molecule has 0 amide bonds. The quantitative estimate of drug-likeness (QED) is 0.777. The van der Waals surface area contributed by atoms with Gasteiger partial charge < -0.3 is 10.2 Å². The second-order valence-electron chi connectivity index (χ2n) is 6.38. The van der Waals surface area contributed by atoms with Crippen molar-refractivity contribution in [1.82, 2.24) is 19.5 Å². The molecular formula is C19H22N6. The smallest absolute Gasteiger partial charge is 0.143 e. The third-order valence-corrected chi connectivity index (χ3v) is 4.73. The highest BCUT2D eigenvalue weighted by Gasteiger charge is 2.19. The van der Waals surface area contributed by atoms with E-state index in [0.717, 1.165) is 31.3 Å². The van der Waals surface area contributed by atoms with Gasteiger partial charge in [-0.3, -0.25) is 4.57 Å². The van der Waals surface area contributed by atoms with Crippen molar-refractivity contribution in [2.75, 3.05) is 29.9 Å². The minimum atomic E-state index is 0.673. The monoisotopic (exact) mass is 334 g/mol. The van der Waals surface area contributed by atoms with Crippen molar-refractivity contribution in [2.45, 2.75) is 12.8 Å². The molecule has 1 saturated heterocycles. The number of piperidine rings is 1. The van der Waals surface area contributed by atoms with Crippen molar-refractivity contribution in [2.24, 2.45) is 5.92 Å². The maximum Gasteiger partial charge on any atom is 0.143 e. The zero-order valence-electron chi connectivity index (χ0n) is 14.1. The number of aromatic nitrogens is 4. The molecule has 1 N–H and O–H groups in total. The Kier molecular flexibility index (Phi) is 4.59. The van der Waals surface area contributed by atoms with Crippen LogP contribution in [0.3, 0.4) is 0 Å². The number of hydrogen-bond donors (Lipinski definition) is 1. The van der Waals surface area contributed by atoms with Gasteiger partial charge in [-0.2, -0.15) is 0 Å². The minimum Gasteiger partial charge on any atom is -0.372 e. The molecule has 0 saturated carbocycles. The van der Waals surface area contributed by atoms with Gasteiger partial charge in [0.2, 0.25) is 0 Å². The third-order valence-electron chi connectivity index (χ3n) is 4.73. The van der Waals surface area contributed by atoms with Crippen LogP contribution in [-0.2, 0) is 0 Å². The molecule has 1 aliphatic rings.